The normalized spacial score (nSPS) is 23.6. The monoisotopic (exact) mass is 295 g/mol. The van der Waals surface area contributed by atoms with E-state index in [2.05, 4.69) is 4.98 Å². The first-order chi connectivity index (χ1) is 9.15. The smallest absolute Gasteiger partial charge is 0.307 e. The van der Waals surface area contributed by atoms with Crippen molar-refractivity contribution in [1.29, 1.82) is 0 Å². The molecule has 0 amide bonds. The number of fused-ring (bicyclic) bond motifs is 1. The number of hydrogen-bond donors (Lipinski definition) is 1. The lowest BCUT2D eigenvalue weighted by molar-refractivity contribution is -0.143. The van der Waals surface area contributed by atoms with Crippen molar-refractivity contribution in [1.82, 2.24) is 4.98 Å². The third kappa shape index (κ3) is 2.47. The highest BCUT2D eigenvalue weighted by Gasteiger charge is 2.33. The van der Waals surface area contributed by atoms with E-state index < -0.39 is 5.97 Å². The van der Waals surface area contributed by atoms with Crippen molar-refractivity contribution in [3.8, 4) is 0 Å². The van der Waals surface area contributed by atoms with E-state index in [1.165, 1.54) is 0 Å². The average molecular weight is 296 g/mol. The van der Waals surface area contributed by atoms with Gasteiger partial charge in [0.2, 0.25) is 0 Å². The molecule has 3 rings (SSSR count). The predicted octanol–water partition coefficient (Wildman–Crippen LogP) is 4.31. The molecule has 1 saturated carbocycles. The first-order valence-electron chi connectivity index (χ1n) is 6.44. The van der Waals surface area contributed by atoms with Gasteiger partial charge in [-0.25, -0.2) is 4.98 Å². The van der Waals surface area contributed by atoms with Gasteiger partial charge in [-0.15, -0.1) is 11.3 Å². The van der Waals surface area contributed by atoms with Gasteiger partial charge in [-0.2, -0.15) is 0 Å². The van der Waals surface area contributed by atoms with Crippen LogP contribution in [0.25, 0.3) is 10.2 Å². The summed E-state index contributed by atoms with van der Waals surface area (Å²) >= 11 is 7.56. The summed E-state index contributed by atoms with van der Waals surface area (Å²) in [6.45, 7) is 0. The van der Waals surface area contributed by atoms with Crippen molar-refractivity contribution in [2.75, 3.05) is 0 Å². The van der Waals surface area contributed by atoms with Crippen LogP contribution in [-0.4, -0.2) is 16.1 Å². The minimum Gasteiger partial charge on any atom is -0.481 e. The van der Waals surface area contributed by atoms with Gasteiger partial charge in [0.1, 0.15) is 0 Å². The molecule has 1 N–H and O–H groups in total. The number of aliphatic carboxylic acids is 1. The van der Waals surface area contributed by atoms with E-state index in [1.54, 1.807) is 11.3 Å². The van der Waals surface area contributed by atoms with Crippen LogP contribution in [-0.2, 0) is 4.79 Å². The maximum absolute atomic E-state index is 11.4. The van der Waals surface area contributed by atoms with Crippen LogP contribution in [0.1, 0.15) is 36.6 Å². The van der Waals surface area contributed by atoms with Crippen molar-refractivity contribution in [3.63, 3.8) is 0 Å². The van der Waals surface area contributed by atoms with E-state index in [1.807, 2.05) is 18.2 Å². The fourth-order valence-corrected chi connectivity index (χ4v) is 4.11. The molecule has 5 heteroatoms. The topological polar surface area (TPSA) is 50.2 Å². The number of rotatable bonds is 2. The van der Waals surface area contributed by atoms with Gasteiger partial charge in [0.15, 0.2) is 0 Å². The van der Waals surface area contributed by atoms with Crippen molar-refractivity contribution in [2.24, 2.45) is 5.92 Å². The summed E-state index contributed by atoms with van der Waals surface area (Å²) in [4.78, 5) is 16.0. The first-order valence-corrected chi connectivity index (χ1v) is 7.63. The third-order valence-corrected chi connectivity index (χ3v) is 5.17. The van der Waals surface area contributed by atoms with Crippen molar-refractivity contribution in [2.45, 2.75) is 31.6 Å². The Labute approximate surface area is 120 Å². The minimum absolute atomic E-state index is 0.0578. The van der Waals surface area contributed by atoms with Gasteiger partial charge >= 0.3 is 5.97 Å². The fourth-order valence-electron chi connectivity index (χ4n) is 2.80. The average Bonchev–Trinajstić information content (AvgIpc) is 2.81. The second-order valence-electron chi connectivity index (χ2n) is 5.00. The molecule has 0 saturated heterocycles. The van der Waals surface area contributed by atoms with Crippen LogP contribution in [0.5, 0.6) is 0 Å². The van der Waals surface area contributed by atoms with Crippen LogP contribution in [0.2, 0.25) is 5.02 Å². The molecule has 0 radical (unpaired) electrons. The van der Waals surface area contributed by atoms with Crippen molar-refractivity contribution in [3.05, 3.63) is 28.2 Å². The van der Waals surface area contributed by atoms with E-state index in [4.69, 9.17) is 11.6 Å². The van der Waals surface area contributed by atoms with Crippen molar-refractivity contribution < 1.29 is 9.90 Å². The number of aromatic nitrogens is 1. The zero-order valence-electron chi connectivity index (χ0n) is 10.3. The Bertz CT molecular complexity index is 625. The molecule has 1 aromatic carbocycles. The number of nitrogens with zero attached hydrogens (tertiary/aromatic N) is 1. The minimum atomic E-state index is -0.693. The molecule has 1 heterocycles. The fraction of sp³-hybridized carbons (Fsp3) is 0.429. The second-order valence-corrected chi connectivity index (χ2v) is 6.50. The Morgan fingerprint density at radius 1 is 1.37 bits per heavy atom. The lowest BCUT2D eigenvalue weighted by atomic mass is 9.79. The number of thiazole rings is 1. The largest absolute Gasteiger partial charge is 0.481 e. The van der Waals surface area contributed by atoms with E-state index in [9.17, 15) is 9.90 Å². The lowest BCUT2D eigenvalue weighted by Crippen LogP contribution is -2.25. The van der Waals surface area contributed by atoms with Crippen LogP contribution in [0.4, 0.5) is 0 Å². The highest BCUT2D eigenvalue weighted by atomic mass is 35.5. The van der Waals surface area contributed by atoms with Crippen molar-refractivity contribution >= 4 is 39.1 Å². The highest BCUT2D eigenvalue weighted by molar-refractivity contribution is 7.18. The Balaban J connectivity index is 1.99. The summed E-state index contributed by atoms with van der Waals surface area (Å²) in [5.41, 5.74) is 0.877. The molecule has 2 atom stereocenters. The maximum Gasteiger partial charge on any atom is 0.307 e. The molecule has 100 valence electrons. The van der Waals surface area contributed by atoms with Gasteiger partial charge < -0.3 is 5.11 Å². The SMILES string of the molecule is O=C(O)[C@@H]1CCCC[C@@H]1c1nc2cc(Cl)ccc2s1. The van der Waals surface area contributed by atoms with Gasteiger partial charge in [0, 0.05) is 10.9 Å². The molecule has 0 bridgehead atoms. The summed E-state index contributed by atoms with van der Waals surface area (Å²) in [5.74, 6) is -0.922. The van der Waals surface area contributed by atoms with Gasteiger partial charge in [0.25, 0.3) is 0 Å². The Hall–Kier alpha value is -1.13. The first kappa shape index (κ1) is 12.9. The molecule has 1 aromatic heterocycles. The molecule has 1 aliphatic carbocycles. The van der Waals surface area contributed by atoms with Crippen LogP contribution in [0.15, 0.2) is 18.2 Å². The molecule has 3 nitrogen and oxygen atoms in total. The molecule has 0 unspecified atom stereocenters. The molecule has 0 aliphatic heterocycles. The molecular formula is C14H14ClNO2S. The van der Waals surface area contributed by atoms with Gasteiger partial charge in [-0.1, -0.05) is 24.4 Å². The van der Waals surface area contributed by atoms with Crippen LogP contribution in [0.3, 0.4) is 0 Å². The maximum atomic E-state index is 11.4. The van der Waals surface area contributed by atoms with E-state index >= 15 is 0 Å². The summed E-state index contributed by atoms with van der Waals surface area (Å²) in [6, 6.07) is 5.65. The quantitative estimate of drug-likeness (QED) is 0.898. The molecule has 2 aromatic rings. The van der Waals surface area contributed by atoms with E-state index in [-0.39, 0.29) is 11.8 Å². The Morgan fingerprint density at radius 2 is 2.16 bits per heavy atom. The Morgan fingerprint density at radius 3 is 2.95 bits per heavy atom. The summed E-state index contributed by atoms with van der Waals surface area (Å²) in [7, 11) is 0. The van der Waals surface area contributed by atoms with Crippen LogP contribution >= 0.6 is 22.9 Å². The molecule has 19 heavy (non-hydrogen) atoms. The number of halogens is 1. The highest BCUT2D eigenvalue weighted by Crippen LogP contribution is 2.41. The summed E-state index contributed by atoms with van der Waals surface area (Å²) in [6.07, 6.45) is 3.77. The number of carboxylic acid groups (broad SMARTS) is 1. The molecule has 0 spiro atoms. The number of benzene rings is 1. The zero-order valence-corrected chi connectivity index (χ0v) is 11.9. The van der Waals surface area contributed by atoms with Gasteiger partial charge in [-0.05, 0) is 31.0 Å². The molecule has 1 fully saturated rings. The number of carbonyl (C=O) groups is 1. The number of carboxylic acids is 1. The summed E-state index contributed by atoms with van der Waals surface area (Å²) < 4.78 is 1.08. The number of hydrogen-bond acceptors (Lipinski definition) is 3. The Kier molecular flexibility index (Phi) is 3.46. The van der Waals surface area contributed by atoms with Crippen LogP contribution in [0, 0.1) is 5.92 Å². The second kappa shape index (κ2) is 5.10. The third-order valence-electron chi connectivity index (χ3n) is 3.77. The van der Waals surface area contributed by atoms with E-state index in [0.29, 0.717) is 5.02 Å². The van der Waals surface area contributed by atoms with Gasteiger partial charge in [-0.3, -0.25) is 4.79 Å². The van der Waals surface area contributed by atoms with Crippen LogP contribution < -0.4 is 0 Å². The molecule has 1 aliphatic rings. The molecular weight excluding hydrogens is 282 g/mol. The predicted molar refractivity (Wildman–Crippen MR) is 77.0 cm³/mol. The van der Waals surface area contributed by atoms with Gasteiger partial charge in [0.05, 0.1) is 21.1 Å². The standard InChI is InChI=1S/C14H14ClNO2S/c15-8-5-6-12-11(7-8)16-13(19-12)9-3-1-2-4-10(9)14(17)18/h5-7,9-10H,1-4H2,(H,17,18)/t9-,10+/m0/s1. The summed E-state index contributed by atoms with van der Waals surface area (Å²) in [5, 5.41) is 11.0. The van der Waals surface area contributed by atoms with E-state index in [0.717, 1.165) is 40.9 Å². The lowest BCUT2D eigenvalue weighted by Gasteiger charge is -2.26. The zero-order chi connectivity index (χ0) is 13.4.